The zero-order valence-electron chi connectivity index (χ0n) is 59.0. The quantitative estimate of drug-likeness (QED) is 0.0213. The van der Waals surface area contributed by atoms with Crippen molar-refractivity contribution in [2.24, 2.45) is 0 Å². The van der Waals surface area contributed by atoms with Crippen LogP contribution < -0.4 is 21.3 Å². The molecule has 6 N–H and O–H groups in total. The average molecular weight is 1470 g/mol. The third-order valence-electron chi connectivity index (χ3n) is 16.9. The van der Waals surface area contributed by atoms with Gasteiger partial charge in [-0.2, -0.15) is 35.3 Å². The maximum Gasteiger partial charge on any atom is 0.358 e. The molecule has 0 spiro atoms. The molecule has 4 fully saturated rings. The van der Waals surface area contributed by atoms with Gasteiger partial charge in [-0.25, -0.2) is 83.7 Å². The van der Waals surface area contributed by atoms with E-state index in [9.17, 15) is 54.6 Å². The molecule has 8 heterocycles. The van der Waals surface area contributed by atoms with E-state index in [1.165, 1.54) is 9.36 Å². The zero-order valence-corrected chi connectivity index (χ0v) is 59.8. The SMILES string of the molecule is CCOC(=O)c1cc(C)[nH]n1.CCOC(=O)c1cc(C)n(-c2nc(C)cc(NC3CCC(F)(F)CC3)n2)n1.Cc1cc(NC2CCC(F)(F)CC2)nc(-n2nc(C=O)cc2C)n1.Cc1cc(NC2CCC(F)(F)CC2)nc(-n2nc(CO)cc2C)n1.Cc1cc(NC2CCC(F)(F)CC2)nc(Cl)n1. The summed E-state index contributed by atoms with van der Waals surface area (Å²) in [4.78, 5) is 68.1. The number of rotatable bonds is 17. The molecule has 0 atom stereocenters. The molecule has 4 saturated carbocycles. The number of aldehydes is 1. The fraction of sp³-hybridized carbons (Fsp3) is 0.544. The first-order valence-electron chi connectivity index (χ1n) is 34.0. The number of anilines is 4. The van der Waals surface area contributed by atoms with Gasteiger partial charge < -0.3 is 35.8 Å². The number of H-pyrrole nitrogens is 1. The van der Waals surface area contributed by atoms with Gasteiger partial charge in [0.05, 0.1) is 25.5 Å². The topological polar surface area (TPSA) is 323 Å². The predicted octanol–water partition coefficient (Wildman–Crippen LogP) is 13.6. The summed E-state index contributed by atoms with van der Waals surface area (Å²) in [5, 5.41) is 41.2. The largest absolute Gasteiger partial charge is 0.461 e. The normalized spacial score (nSPS) is 17.1. The molecular weight excluding hydrogens is 1380 g/mol. The molecule has 0 radical (unpaired) electrons. The van der Waals surface area contributed by atoms with Gasteiger partial charge in [0.2, 0.25) is 29.0 Å². The van der Waals surface area contributed by atoms with Gasteiger partial charge in [-0.05, 0) is 156 Å². The first kappa shape index (κ1) is 79.4. The molecule has 26 nitrogen and oxygen atoms in total. The Morgan fingerprint density at radius 1 is 0.485 bits per heavy atom. The molecule has 0 saturated heterocycles. The summed E-state index contributed by atoms with van der Waals surface area (Å²) in [5.74, 6) is -7.64. The Bertz CT molecular complexity index is 4110. The predicted molar refractivity (Wildman–Crippen MR) is 368 cm³/mol. The van der Waals surface area contributed by atoms with E-state index in [0.717, 1.165) is 34.2 Å². The van der Waals surface area contributed by atoms with Gasteiger partial charge in [0, 0.05) is 145 Å². The molecule has 35 heteroatoms. The van der Waals surface area contributed by atoms with Crippen LogP contribution in [0.25, 0.3) is 17.8 Å². The summed E-state index contributed by atoms with van der Waals surface area (Å²) in [6, 6.07) is 13.7. The number of hydrogen-bond donors (Lipinski definition) is 6. The van der Waals surface area contributed by atoms with Crippen molar-refractivity contribution >= 4 is 53.1 Å². The number of hydrogen-bond acceptors (Lipinski definition) is 22. The first-order chi connectivity index (χ1) is 48.7. The molecule has 558 valence electrons. The van der Waals surface area contributed by atoms with E-state index in [2.05, 4.69) is 86.6 Å². The minimum absolute atomic E-state index is 0.0153. The second kappa shape index (κ2) is 35.2. The molecule has 4 aliphatic rings. The third kappa shape index (κ3) is 24.1. The maximum absolute atomic E-state index is 13.3. The van der Waals surface area contributed by atoms with E-state index in [4.69, 9.17) is 21.1 Å². The van der Waals surface area contributed by atoms with Crippen LogP contribution in [0, 0.1) is 55.4 Å². The summed E-state index contributed by atoms with van der Waals surface area (Å²) in [6.45, 7) is 18.6. The number of carbonyl (C=O) groups is 3. The number of nitrogens with one attached hydrogen (secondary N) is 5. The standard InChI is InChI=1S/C18H23F2N5O2.C16H21F2N5O.C16H19F2N5O.C11H14ClF2N3.C7H10N2O2/c1-4-27-16(26)14-10-12(3)25(24-14)17-21-11(2)9-15(23-17)22-13-5-7-18(19,20)8-6-13;2*1-10-7-14(20-12-3-5-16(17,18)6-4-12)21-15(19-10)23-11(2)8-13(9-24)22-23;1-7-6-9(17-10(12)15-7)16-8-2-4-11(13,14)5-3-8;1-3-11-7(10)6-4-5(2)8-9-6/h9-10,13H,4-8H2,1-3H3,(H,21,22,23);7-8,12,24H,3-6,9H2,1-2H3,(H,19,20,21);7-9,12H,3-6H2,1-2H3,(H,19,20,21);6,8H,2-5H2,1H3,(H,15,16,17);4H,3H2,1-2H3,(H,8,9). The maximum atomic E-state index is 13.3. The van der Waals surface area contributed by atoms with Crippen LogP contribution >= 0.6 is 11.6 Å². The fourth-order valence-electron chi connectivity index (χ4n) is 11.6. The number of alkyl halides is 8. The summed E-state index contributed by atoms with van der Waals surface area (Å²) < 4.78 is 120. The van der Waals surface area contributed by atoms with Crippen molar-refractivity contribution in [1.29, 1.82) is 0 Å². The summed E-state index contributed by atoms with van der Waals surface area (Å²) >= 11 is 5.73. The highest BCUT2D eigenvalue weighted by Crippen LogP contribution is 2.38. The van der Waals surface area contributed by atoms with Gasteiger partial charge in [0.1, 0.15) is 29.0 Å². The molecule has 4 aliphatic carbocycles. The minimum Gasteiger partial charge on any atom is -0.461 e. The molecule has 0 unspecified atom stereocenters. The molecule has 12 rings (SSSR count). The Balaban J connectivity index is 0.000000167. The van der Waals surface area contributed by atoms with E-state index in [0.29, 0.717) is 134 Å². The molecule has 0 aromatic carbocycles. The lowest BCUT2D eigenvalue weighted by atomic mass is 9.92. The summed E-state index contributed by atoms with van der Waals surface area (Å²) in [6.07, 6.45) is 3.20. The van der Waals surface area contributed by atoms with Crippen LogP contribution in [0.4, 0.5) is 58.4 Å². The number of carbonyl (C=O) groups excluding carboxylic acids is 3. The molecule has 0 amide bonds. The van der Waals surface area contributed by atoms with Crippen LogP contribution in [0.3, 0.4) is 0 Å². The van der Waals surface area contributed by atoms with E-state index >= 15 is 0 Å². The number of nitrogens with zero attached hydrogens (tertiary/aromatic N) is 15. The van der Waals surface area contributed by atoms with Crippen LogP contribution in [-0.4, -0.2) is 164 Å². The van der Waals surface area contributed by atoms with Gasteiger partial charge in [-0.1, -0.05) is 0 Å². The Hall–Kier alpha value is -9.34. The fourth-order valence-corrected chi connectivity index (χ4v) is 11.9. The van der Waals surface area contributed by atoms with Crippen molar-refractivity contribution in [3.63, 3.8) is 0 Å². The van der Waals surface area contributed by atoms with Crippen LogP contribution in [0.15, 0.2) is 48.5 Å². The average Bonchev–Trinajstić information content (AvgIpc) is 1.69. The van der Waals surface area contributed by atoms with E-state index in [1.807, 2.05) is 48.5 Å². The van der Waals surface area contributed by atoms with Gasteiger partial charge >= 0.3 is 11.9 Å². The van der Waals surface area contributed by atoms with E-state index in [-0.39, 0.29) is 106 Å². The van der Waals surface area contributed by atoms with Gasteiger partial charge in [0.15, 0.2) is 17.7 Å². The molecule has 8 aromatic rings. The summed E-state index contributed by atoms with van der Waals surface area (Å²) in [5.41, 5.74) is 7.41. The van der Waals surface area contributed by atoms with Crippen molar-refractivity contribution in [2.75, 3.05) is 34.5 Å². The number of aliphatic hydroxyl groups excluding tert-OH is 1. The van der Waals surface area contributed by atoms with Gasteiger partial charge in [0.25, 0.3) is 17.8 Å². The minimum atomic E-state index is -2.57. The third-order valence-corrected chi connectivity index (χ3v) is 17.1. The smallest absolute Gasteiger partial charge is 0.358 e. The highest BCUT2D eigenvalue weighted by atomic mass is 35.5. The van der Waals surface area contributed by atoms with Crippen molar-refractivity contribution < 1.29 is 64.1 Å². The lowest BCUT2D eigenvalue weighted by molar-refractivity contribution is -0.0366. The molecule has 0 aliphatic heterocycles. The van der Waals surface area contributed by atoms with Crippen LogP contribution in [0.1, 0.15) is 199 Å². The van der Waals surface area contributed by atoms with Crippen LogP contribution in [-0.2, 0) is 16.1 Å². The van der Waals surface area contributed by atoms with Gasteiger partial charge in [-0.15, -0.1) is 0 Å². The zero-order chi connectivity index (χ0) is 75.0. The number of aromatic amines is 1. The van der Waals surface area contributed by atoms with Crippen molar-refractivity contribution in [3.05, 3.63) is 122 Å². The molecule has 0 bridgehead atoms. The number of esters is 2. The van der Waals surface area contributed by atoms with E-state index in [1.54, 1.807) is 74.0 Å². The Labute approximate surface area is 595 Å². The second-order valence-corrected chi connectivity index (χ2v) is 26.2. The number of aromatic nitrogens is 16. The number of aliphatic hydroxyl groups is 1. The number of aryl methyl sites for hydroxylation is 8. The lowest BCUT2D eigenvalue weighted by Crippen LogP contribution is -2.32. The number of halogens is 9. The van der Waals surface area contributed by atoms with Crippen molar-refractivity contribution in [3.8, 4) is 17.8 Å². The Kier molecular flexibility index (Phi) is 27.1. The highest BCUT2D eigenvalue weighted by molar-refractivity contribution is 6.28. The highest BCUT2D eigenvalue weighted by Gasteiger charge is 2.38. The molecule has 8 aromatic heterocycles. The van der Waals surface area contributed by atoms with E-state index < -0.39 is 29.7 Å². The molecule has 103 heavy (non-hydrogen) atoms. The second-order valence-electron chi connectivity index (χ2n) is 25.9. The Morgan fingerprint density at radius 3 is 1.16 bits per heavy atom. The van der Waals surface area contributed by atoms with Gasteiger partial charge in [-0.3, -0.25) is 9.89 Å². The number of ether oxygens (including phenoxy) is 2. The van der Waals surface area contributed by atoms with Crippen LogP contribution in [0.5, 0.6) is 0 Å². The Morgan fingerprint density at radius 2 is 0.825 bits per heavy atom. The first-order valence-corrected chi connectivity index (χ1v) is 34.3. The molecular formula is C68H87ClF8N20O6. The lowest BCUT2D eigenvalue weighted by Gasteiger charge is -2.29. The van der Waals surface area contributed by atoms with Crippen molar-refractivity contribution in [1.82, 2.24) is 79.4 Å². The van der Waals surface area contributed by atoms with Crippen LogP contribution in [0.2, 0.25) is 5.28 Å². The monoisotopic (exact) mass is 1470 g/mol. The summed E-state index contributed by atoms with van der Waals surface area (Å²) in [7, 11) is 0. The van der Waals surface area contributed by atoms with Crippen molar-refractivity contribution in [2.45, 2.75) is 226 Å².